The summed E-state index contributed by atoms with van der Waals surface area (Å²) in [5.74, 6) is 0.146. The largest absolute Gasteiger partial charge is 0.363 e. The number of nitrogens with one attached hydrogen (secondary N) is 1. The average molecular weight is 259 g/mol. The summed E-state index contributed by atoms with van der Waals surface area (Å²) >= 11 is 0. The van der Waals surface area contributed by atoms with E-state index in [1.165, 1.54) is 24.3 Å². The molecule has 0 aliphatic heterocycles. The first-order valence-corrected chi connectivity index (χ1v) is 5.76. The highest BCUT2D eigenvalue weighted by Crippen LogP contribution is 2.13. The molecule has 2 rings (SSSR count). The number of hydrogen-bond donors (Lipinski definition) is 1. The van der Waals surface area contributed by atoms with Crippen molar-refractivity contribution in [3.05, 3.63) is 54.0 Å². The molecule has 1 heterocycles. The second-order valence-electron chi connectivity index (χ2n) is 4.26. The molecule has 1 N–H and O–H groups in total. The molecule has 0 atom stereocenters. The molecule has 0 aliphatic carbocycles. The third-order valence-corrected chi connectivity index (χ3v) is 2.57. The van der Waals surface area contributed by atoms with Crippen LogP contribution < -0.4 is 10.2 Å². The Kier molecular flexibility index (Phi) is 3.75. The Morgan fingerprint density at radius 1 is 1.16 bits per heavy atom. The van der Waals surface area contributed by atoms with Crippen molar-refractivity contribution in [1.29, 1.82) is 0 Å². The summed E-state index contributed by atoms with van der Waals surface area (Å²) in [5, 5.41) is 2.70. The Hall–Kier alpha value is -2.43. The van der Waals surface area contributed by atoms with Crippen LogP contribution in [0.4, 0.5) is 15.9 Å². The van der Waals surface area contributed by atoms with Crippen LogP contribution in [0.1, 0.15) is 10.4 Å². The lowest BCUT2D eigenvalue weighted by atomic mass is 10.2. The van der Waals surface area contributed by atoms with Gasteiger partial charge in [-0.25, -0.2) is 9.37 Å². The first-order valence-electron chi connectivity index (χ1n) is 5.76. The minimum Gasteiger partial charge on any atom is -0.363 e. The molecule has 1 aromatic heterocycles. The highest BCUT2D eigenvalue weighted by molar-refractivity contribution is 6.04. The molecule has 5 heteroatoms. The molecule has 98 valence electrons. The number of anilines is 2. The van der Waals surface area contributed by atoms with Crippen molar-refractivity contribution < 1.29 is 9.18 Å². The zero-order valence-corrected chi connectivity index (χ0v) is 10.7. The zero-order valence-electron chi connectivity index (χ0n) is 10.7. The molecule has 0 fully saturated rings. The average Bonchev–Trinajstić information content (AvgIpc) is 2.40. The highest BCUT2D eigenvalue weighted by Gasteiger charge is 2.06. The predicted octanol–water partition coefficient (Wildman–Crippen LogP) is 2.54. The van der Waals surface area contributed by atoms with E-state index in [9.17, 15) is 9.18 Å². The second kappa shape index (κ2) is 5.48. The Balaban J connectivity index is 2.08. The summed E-state index contributed by atoms with van der Waals surface area (Å²) in [6.45, 7) is 0. The molecule has 0 bridgehead atoms. The normalized spacial score (nSPS) is 10.1. The van der Waals surface area contributed by atoms with Crippen LogP contribution in [0.3, 0.4) is 0 Å². The molecule has 0 spiro atoms. The second-order valence-corrected chi connectivity index (χ2v) is 4.26. The summed E-state index contributed by atoms with van der Waals surface area (Å²) in [6.07, 6.45) is 1.58. The van der Waals surface area contributed by atoms with Gasteiger partial charge in [-0.05, 0) is 36.4 Å². The summed E-state index contributed by atoms with van der Waals surface area (Å²) in [5.41, 5.74) is 0.998. The van der Waals surface area contributed by atoms with Crippen molar-refractivity contribution in [2.45, 2.75) is 0 Å². The predicted molar refractivity (Wildman–Crippen MR) is 72.9 cm³/mol. The fraction of sp³-hybridized carbons (Fsp3) is 0.143. The number of hydrogen-bond acceptors (Lipinski definition) is 3. The number of amides is 1. The molecular formula is C14H14FN3O. The van der Waals surface area contributed by atoms with Crippen LogP contribution in [0.25, 0.3) is 0 Å². The van der Waals surface area contributed by atoms with E-state index in [-0.39, 0.29) is 11.7 Å². The van der Waals surface area contributed by atoms with Crippen LogP contribution in [0.15, 0.2) is 42.6 Å². The van der Waals surface area contributed by atoms with Gasteiger partial charge in [-0.1, -0.05) is 0 Å². The standard InChI is InChI=1S/C14H14FN3O/c1-18(2)13-8-7-12(9-16-13)17-14(19)10-3-5-11(15)6-4-10/h3-9H,1-2H3,(H,17,19). The smallest absolute Gasteiger partial charge is 0.255 e. The van der Waals surface area contributed by atoms with Gasteiger partial charge in [0.2, 0.25) is 0 Å². The van der Waals surface area contributed by atoms with Gasteiger partial charge >= 0.3 is 0 Å². The number of aromatic nitrogens is 1. The zero-order chi connectivity index (χ0) is 13.8. The van der Waals surface area contributed by atoms with Gasteiger partial charge in [-0.3, -0.25) is 4.79 Å². The fourth-order valence-electron chi connectivity index (χ4n) is 1.53. The number of benzene rings is 1. The maximum Gasteiger partial charge on any atom is 0.255 e. The Morgan fingerprint density at radius 2 is 1.84 bits per heavy atom. The number of rotatable bonds is 3. The molecule has 0 saturated heterocycles. The van der Waals surface area contributed by atoms with Crippen LogP contribution in [0.5, 0.6) is 0 Å². The Labute approximate surface area is 110 Å². The molecule has 0 radical (unpaired) electrons. The topological polar surface area (TPSA) is 45.2 Å². The van der Waals surface area contributed by atoms with Crippen molar-refractivity contribution in [1.82, 2.24) is 4.98 Å². The van der Waals surface area contributed by atoms with E-state index in [0.29, 0.717) is 11.3 Å². The minimum absolute atomic E-state index is 0.292. The van der Waals surface area contributed by atoms with Gasteiger partial charge in [-0.2, -0.15) is 0 Å². The molecule has 4 nitrogen and oxygen atoms in total. The van der Waals surface area contributed by atoms with Gasteiger partial charge < -0.3 is 10.2 Å². The SMILES string of the molecule is CN(C)c1ccc(NC(=O)c2ccc(F)cc2)cn1. The minimum atomic E-state index is -0.367. The molecule has 1 aromatic carbocycles. The Morgan fingerprint density at radius 3 is 2.37 bits per heavy atom. The van der Waals surface area contributed by atoms with Gasteiger partial charge in [0.25, 0.3) is 5.91 Å². The summed E-state index contributed by atoms with van der Waals surface area (Å²) < 4.78 is 12.8. The van der Waals surface area contributed by atoms with E-state index in [4.69, 9.17) is 0 Å². The number of pyridine rings is 1. The Bertz CT molecular complexity index is 564. The van der Waals surface area contributed by atoms with Crippen molar-refractivity contribution in [3.63, 3.8) is 0 Å². The van der Waals surface area contributed by atoms with Gasteiger partial charge in [0.1, 0.15) is 11.6 Å². The summed E-state index contributed by atoms with van der Waals surface area (Å²) in [6, 6.07) is 8.95. The molecule has 1 amide bonds. The molecule has 19 heavy (non-hydrogen) atoms. The fourth-order valence-corrected chi connectivity index (χ4v) is 1.53. The van der Waals surface area contributed by atoms with Crippen LogP contribution in [0, 0.1) is 5.82 Å². The van der Waals surface area contributed by atoms with Crippen molar-refractivity contribution >= 4 is 17.4 Å². The maximum atomic E-state index is 12.8. The van der Waals surface area contributed by atoms with Crippen LogP contribution >= 0.6 is 0 Å². The monoisotopic (exact) mass is 259 g/mol. The van der Waals surface area contributed by atoms with Gasteiger partial charge in [-0.15, -0.1) is 0 Å². The van der Waals surface area contributed by atoms with Crippen molar-refractivity contribution in [3.8, 4) is 0 Å². The summed E-state index contributed by atoms with van der Waals surface area (Å²) in [7, 11) is 3.78. The molecule has 2 aromatic rings. The van der Waals surface area contributed by atoms with Gasteiger partial charge in [0.15, 0.2) is 0 Å². The third kappa shape index (κ3) is 3.28. The van der Waals surface area contributed by atoms with E-state index in [1.807, 2.05) is 19.0 Å². The maximum absolute atomic E-state index is 12.8. The van der Waals surface area contributed by atoms with E-state index in [0.717, 1.165) is 5.82 Å². The first kappa shape index (κ1) is 13.0. The van der Waals surface area contributed by atoms with Gasteiger partial charge in [0, 0.05) is 19.7 Å². The van der Waals surface area contributed by atoms with E-state index in [2.05, 4.69) is 10.3 Å². The van der Waals surface area contributed by atoms with Crippen molar-refractivity contribution in [2.75, 3.05) is 24.3 Å². The van der Waals surface area contributed by atoms with E-state index < -0.39 is 0 Å². The van der Waals surface area contributed by atoms with Crippen LogP contribution in [-0.2, 0) is 0 Å². The van der Waals surface area contributed by atoms with E-state index >= 15 is 0 Å². The van der Waals surface area contributed by atoms with Crippen molar-refractivity contribution in [2.24, 2.45) is 0 Å². The van der Waals surface area contributed by atoms with Crippen LogP contribution in [-0.4, -0.2) is 25.0 Å². The van der Waals surface area contributed by atoms with E-state index in [1.54, 1.807) is 18.3 Å². The molecule has 0 saturated carbocycles. The first-order chi connectivity index (χ1) is 9.06. The highest BCUT2D eigenvalue weighted by atomic mass is 19.1. The molecule has 0 unspecified atom stereocenters. The summed E-state index contributed by atoms with van der Waals surface area (Å²) in [4.78, 5) is 17.9. The lowest BCUT2D eigenvalue weighted by Gasteiger charge is -2.11. The number of carbonyl (C=O) groups excluding carboxylic acids is 1. The molecular weight excluding hydrogens is 245 g/mol. The number of carbonyl (C=O) groups is 1. The third-order valence-electron chi connectivity index (χ3n) is 2.57. The number of halogens is 1. The lowest BCUT2D eigenvalue weighted by Crippen LogP contribution is -2.13. The number of nitrogens with zero attached hydrogens (tertiary/aromatic N) is 2. The quantitative estimate of drug-likeness (QED) is 0.921. The molecule has 0 aliphatic rings. The lowest BCUT2D eigenvalue weighted by molar-refractivity contribution is 0.102. The van der Waals surface area contributed by atoms with Crippen LogP contribution in [0.2, 0.25) is 0 Å². The van der Waals surface area contributed by atoms with Gasteiger partial charge in [0.05, 0.1) is 11.9 Å².